The molecule has 0 spiro atoms. The van der Waals surface area contributed by atoms with Gasteiger partial charge in [-0.2, -0.15) is 0 Å². The Labute approximate surface area is 96.7 Å². The van der Waals surface area contributed by atoms with Crippen LogP contribution in [0.3, 0.4) is 0 Å². The zero-order valence-corrected chi connectivity index (χ0v) is 10.5. The average Bonchev–Trinajstić information content (AvgIpc) is 2.81. The highest BCUT2D eigenvalue weighted by atomic mass is 15.1. The van der Waals surface area contributed by atoms with Gasteiger partial charge in [0.15, 0.2) is 0 Å². The second kappa shape index (κ2) is 4.16. The molecule has 3 heteroatoms. The van der Waals surface area contributed by atoms with Crippen LogP contribution in [-0.4, -0.2) is 14.1 Å². The molecule has 0 bridgehead atoms. The average molecular weight is 217 g/mol. The minimum Gasteiger partial charge on any atom is -0.344 e. The van der Waals surface area contributed by atoms with Gasteiger partial charge in [-0.15, -0.1) is 0 Å². The Kier molecular flexibility index (Phi) is 2.86. The normalized spacial score (nSPS) is 11.0. The Morgan fingerprint density at radius 3 is 2.50 bits per heavy atom. The van der Waals surface area contributed by atoms with Crippen LogP contribution < -0.4 is 0 Å². The quantitative estimate of drug-likeness (QED) is 0.775. The maximum absolute atomic E-state index is 4.40. The number of hydrogen-bond donors (Lipinski definition) is 0. The molecule has 2 aromatic heterocycles. The molecule has 2 aromatic rings. The van der Waals surface area contributed by atoms with Crippen LogP contribution in [0.2, 0.25) is 0 Å². The second-order valence-electron chi connectivity index (χ2n) is 4.28. The predicted octanol–water partition coefficient (Wildman–Crippen LogP) is 2.68. The Balaban J connectivity index is 2.30. The Morgan fingerprint density at radius 1 is 1.19 bits per heavy atom. The van der Waals surface area contributed by atoms with Crippen molar-refractivity contribution in [3.05, 3.63) is 41.2 Å². The van der Waals surface area contributed by atoms with E-state index < -0.39 is 0 Å². The van der Waals surface area contributed by atoms with Crippen LogP contribution in [0.1, 0.15) is 29.6 Å². The van der Waals surface area contributed by atoms with E-state index in [0.717, 1.165) is 18.9 Å². The third kappa shape index (κ3) is 1.77. The molecule has 0 aliphatic carbocycles. The third-order valence-electron chi connectivity index (χ3n) is 3.37. The van der Waals surface area contributed by atoms with E-state index in [9.17, 15) is 0 Å². The molecule has 86 valence electrons. The van der Waals surface area contributed by atoms with Gasteiger partial charge >= 0.3 is 0 Å². The van der Waals surface area contributed by atoms with Crippen molar-refractivity contribution in [2.75, 3.05) is 0 Å². The van der Waals surface area contributed by atoms with Crippen molar-refractivity contribution in [1.82, 2.24) is 14.1 Å². The highest BCUT2D eigenvalue weighted by Crippen LogP contribution is 2.15. The zero-order chi connectivity index (χ0) is 11.7. The molecule has 2 rings (SSSR count). The molecule has 0 N–H and O–H groups in total. The van der Waals surface area contributed by atoms with Crippen molar-refractivity contribution in [3.63, 3.8) is 0 Å². The topological polar surface area (TPSA) is 22.8 Å². The molecule has 0 unspecified atom stereocenters. The SMILES string of the molecule is CCn1ccnc1Cn1cc(C)c(C)c1C. The van der Waals surface area contributed by atoms with E-state index in [1.807, 2.05) is 12.4 Å². The summed E-state index contributed by atoms with van der Waals surface area (Å²) in [5, 5.41) is 0. The molecule has 0 amide bonds. The largest absolute Gasteiger partial charge is 0.344 e. The number of rotatable bonds is 3. The van der Waals surface area contributed by atoms with Gasteiger partial charge in [0, 0.05) is 30.8 Å². The molecule has 0 aromatic carbocycles. The molecule has 0 radical (unpaired) electrons. The molecular weight excluding hydrogens is 198 g/mol. The van der Waals surface area contributed by atoms with Crippen LogP contribution in [0.5, 0.6) is 0 Å². The third-order valence-corrected chi connectivity index (χ3v) is 3.37. The molecule has 2 heterocycles. The van der Waals surface area contributed by atoms with Gasteiger partial charge < -0.3 is 9.13 Å². The Hall–Kier alpha value is -1.51. The molecule has 3 nitrogen and oxygen atoms in total. The van der Waals surface area contributed by atoms with Crippen molar-refractivity contribution in [1.29, 1.82) is 0 Å². The van der Waals surface area contributed by atoms with Crippen LogP contribution in [0.4, 0.5) is 0 Å². The highest BCUT2D eigenvalue weighted by Gasteiger charge is 2.08. The summed E-state index contributed by atoms with van der Waals surface area (Å²) in [5.41, 5.74) is 4.07. The molecule has 0 fully saturated rings. The molecule has 0 aliphatic heterocycles. The second-order valence-corrected chi connectivity index (χ2v) is 4.28. The van der Waals surface area contributed by atoms with Gasteiger partial charge in [-0.25, -0.2) is 4.98 Å². The summed E-state index contributed by atoms with van der Waals surface area (Å²) in [4.78, 5) is 4.40. The van der Waals surface area contributed by atoms with E-state index in [1.54, 1.807) is 0 Å². The van der Waals surface area contributed by atoms with Crippen molar-refractivity contribution in [2.24, 2.45) is 0 Å². The summed E-state index contributed by atoms with van der Waals surface area (Å²) in [6.45, 7) is 10.5. The summed E-state index contributed by atoms with van der Waals surface area (Å²) in [7, 11) is 0. The van der Waals surface area contributed by atoms with Crippen LogP contribution in [-0.2, 0) is 13.1 Å². The first-order valence-electron chi connectivity index (χ1n) is 5.76. The Morgan fingerprint density at radius 2 is 1.94 bits per heavy atom. The van der Waals surface area contributed by atoms with Crippen LogP contribution in [0, 0.1) is 20.8 Å². The minimum absolute atomic E-state index is 0.862. The molecule has 0 saturated carbocycles. The van der Waals surface area contributed by atoms with E-state index >= 15 is 0 Å². The van der Waals surface area contributed by atoms with E-state index in [-0.39, 0.29) is 0 Å². The predicted molar refractivity (Wildman–Crippen MR) is 65.6 cm³/mol. The van der Waals surface area contributed by atoms with Crippen LogP contribution in [0.15, 0.2) is 18.6 Å². The van der Waals surface area contributed by atoms with Gasteiger partial charge in [0.05, 0.1) is 6.54 Å². The van der Waals surface area contributed by atoms with Crippen LogP contribution in [0.25, 0.3) is 0 Å². The number of hydrogen-bond acceptors (Lipinski definition) is 1. The number of nitrogens with zero attached hydrogens (tertiary/aromatic N) is 3. The van der Waals surface area contributed by atoms with Gasteiger partial charge in [0.25, 0.3) is 0 Å². The fourth-order valence-corrected chi connectivity index (χ4v) is 2.02. The molecule has 16 heavy (non-hydrogen) atoms. The standard InChI is InChI=1S/C13H19N3/c1-5-15-7-6-14-13(15)9-16-8-10(2)11(3)12(16)4/h6-8H,5,9H2,1-4H3. The number of aromatic nitrogens is 3. The first-order chi connectivity index (χ1) is 7.63. The maximum atomic E-state index is 4.40. The Bertz CT molecular complexity index is 491. The van der Waals surface area contributed by atoms with Gasteiger partial charge in [-0.05, 0) is 38.8 Å². The summed E-state index contributed by atoms with van der Waals surface area (Å²) in [6, 6.07) is 0. The van der Waals surface area contributed by atoms with E-state index in [4.69, 9.17) is 0 Å². The molecule has 0 saturated heterocycles. The highest BCUT2D eigenvalue weighted by molar-refractivity contribution is 5.29. The maximum Gasteiger partial charge on any atom is 0.128 e. The van der Waals surface area contributed by atoms with E-state index in [1.165, 1.54) is 16.8 Å². The first kappa shape index (κ1) is 11.0. The first-order valence-corrected chi connectivity index (χ1v) is 5.76. The summed E-state index contributed by atoms with van der Waals surface area (Å²) in [5.74, 6) is 1.13. The molecule has 0 aliphatic rings. The van der Waals surface area contributed by atoms with E-state index in [0.29, 0.717) is 0 Å². The lowest BCUT2D eigenvalue weighted by molar-refractivity contribution is 0.644. The fourth-order valence-electron chi connectivity index (χ4n) is 2.02. The number of aryl methyl sites for hydroxylation is 2. The fraction of sp³-hybridized carbons (Fsp3) is 0.462. The minimum atomic E-state index is 0.862. The summed E-state index contributed by atoms with van der Waals surface area (Å²) >= 11 is 0. The van der Waals surface area contributed by atoms with Crippen molar-refractivity contribution in [2.45, 2.75) is 40.8 Å². The van der Waals surface area contributed by atoms with Gasteiger partial charge in [0.2, 0.25) is 0 Å². The molecular formula is C13H19N3. The van der Waals surface area contributed by atoms with Crippen molar-refractivity contribution >= 4 is 0 Å². The van der Waals surface area contributed by atoms with Crippen molar-refractivity contribution in [3.8, 4) is 0 Å². The molecule has 0 atom stereocenters. The number of imidazole rings is 1. The van der Waals surface area contributed by atoms with Gasteiger partial charge in [0.1, 0.15) is 5.82 Å². The lowest BCUT2D eigenvalue weighted by Gasteiger charge is -2.08. The smallest absolute Gasteiger partial charge is 0.128 e. The van der Waals surface area contributed by atoms with Gasteiger partial charge in [-0.3, -0.25) is 0 Å². The lowest BCUT2D eigenvalue weighted by Crippen LogP contribution is -2.08. The summed E-state index contributed by atoms with van der Waals surface area (Å²) < 4.78 is 4.46. The van der Waals surface area contributed by atoms with E-state index in [2.05, 4.69) is 48.0 Å². The lowest BCUT2D eigenvalue weighted by atomic mass is 10.2. The zero-order valence-electron chi connectivity index (χ0n) is 10.5. The summed E-state index contributed by atoms with van der Waals surface area (Å²) in [6.07, 6.45) is 6.12. The van der Waals surface area contributed by atoms with Gasteiger partial charge in [-0.1, -0.05) is 0 Å². The van der Waals surface area contributed by atoms with Crippen LogP contribution >= 0.6 is 0 Å². The van der Waals surface area contributed by atoms with Crippen molar-refractivity contribution < 1.29 is 0 Å². The monoisotopic (exact) mass is 217 g/mol.